The van der Waals surface area contributed by atoms with Crippen molar-refractivity contribution in [2.45, 2.75) is 45.8 Å². The quantitative estimate of drug-likeness (QED) is 0.809. The van der Waals surface area contributed by atoms with Crippen LogP contribution in [-0.4, -0.2) is 73.4 Å². The molecule has 1 amide bonds. The predicted octanol–water partition coefficient (Wildman–Crippen LogP) is 3.22. The van der Waals surface area contributed by atoms with Gasteiger partial charge in [0.2, 0.25) is 0 Å². The van der Waals surface area contributed by atoms with Gasteiger partial charge in [-0.1, -0.05) is 19.1 Å². The minimum atomic E-state index is -0.456. The molecule has 0 aromatic heterocycles. The van der Waals surface area contributed by atoms with E-state index in [4.69, 9.17) is 9.47 Å². The Morgan fingerprint density at radius 3 is 2.44 bits per heavy atom. The van der Waals surface area contributed by atoms with Crippen LogP contribution in [0.2, 0.25) is 0 Å². The number of para-hydroxylation sites is 2. The number of rotatable bonds is 4. The van der Waals surface area contributed by atoms with Crippen LogP contribution >= 0.6 is 0 Å². The first-order valence-corrected chi connectivity index (χ1v) is 10.1. The van der Waals surface area contributed by atoms with E-state index in [1.54, 1.807) is 4.90 Å². The van der Waals surface area contributed by atoms with Gasteiger partial charge in [0.25, 0.3) is 0 Å². The Morgan fingerprint density at radius 1 is 1.11 bits per heavy atom. The minimum absolute atomic E-state index is 0.225. The van der Waals surface area contributed by atoms with Crippen molar-refractivity contribution in [3.8, 4) is 5.75 Å². The molecule has 0 bridgehead atoms. The highest BCUT2D eigenvalue weighted by atomic mass is 16.6. The van der Waals surface area contributed by atoms with Gasteiger partial charge < -0.3 is 19.3 Å². The van der Waals surface area contributed by atoms with Crippen molar-refractivity contribution >= 4 is 11.8 Å². The van der Waals surface area contributed by atoms with Crippen molar-refractivity contribution in [2.75, 3.05) is 50.7 Å². The van der Waals surface area contributed by atoms with Crippen molar-refractivity contribution in [3.05, 3.63) is 24.3 Å². The molecule has 1 aromatic carbocycles. The lowest BCUT2D eigenvalue weighted by Crippen LogP contribution is -2.50. The molecule has 1 atom stereocenters. The van der Waals surface area contributed by atoms with Crippen LogP contribution in [0, 0.1) is 0 Å². The van der Waals surface area contributed by atoms with E-state index in [2.05, 4.69) is 34.9 Å². The van der Waals surface area contributed by atoms with Crippen molar-refractivity contribution in [1.82, 2.24) is 9.80 Å². The summed E-state index contributed by atoms with van der Waals surface area (Å²) in [6.45, 7) is 14.0. The van der Waals surface area contributed by atoms with Crippen LogP contribution < -0.4 is 9.64 Å². The van der Waals surface area contributed by atoms with Gasteiger partial charge in [0.15, 0.2) is 0 Å². The largest absolute Gasteiger partial charge is 0.487 e. The third-order valence-electron chi connectivity index (χ3n) is 5.11. The average molecular weight is 376 g/mol. The standard InChI is InChI=1S/C21H33N3O3/c1-5-22-11-10-17(16-22)26-19-9-7-6-8-18(19)23-12-14-24(15-13-23)20(25)27-21(2,3)4/h6-9,17H,5,10-16H2,1-4H3. The minimum Gasteiger partial charge on any atom is -0.487 e. The second kappa shape index (κ2) is 8.38. The number of amides is 1. The van der Waals surface area contributed by atoms with Crippen LogP contribution in [0.15, 0.2) is 24.3 Å². The summed E-state index contributed by atoms with van der Waals surface area (Å²) in [5.41, 5.74) is 0.666. The van der Waals surface area contributed by atoms with E-state index >= 15 is 0 Å². The first-order valence-electron chi connectivity index (χ1n) is 10.1. The monoisotopic (exact) mass is 375 g/mol. The number of anilines is 1. The van der Waals surface area contributed by atoms with Crippen LogP contribution in [0.3, 0.4) is 0 Å². The number of piperazine rings is 1. The highest BCUT2D eigenvalue weighted by Crippen LogP contribution is 2.31. The molecule has 2 saturated heterocycles. The molecule has 2 aliphatic heterocycles. The lowest BCUT2D eigenvalue weighted by atomic mass is 10.2. The summed E-state index contributed by atoms with van der Waals surface area (Å²) in [6.07, 6.45) is 1.11. The summed E-state index contributed by atoms with van der Waals surface area (Å²) in [7, 11) is 0. The van der Waals surface area contributed by atoms with Crippen molar-refractivity contribution in [2.24, 2.45) is 0 Å². The number of ether oxygens (including phenoxy) is 2. The first-order chi connectivity index (χ1) is 12.9. The molecular weight excluding hydrogens is 342 g/mol. The Labute approximate surface area is 163 Å². The molecule has 0 aliphatic carbocycles. The Kier molecular flexibility index (Phi) is 6.15. The van der Waals surface area contributed by atoms with E-state index in [-0.39, 0.29) is 12.2 Å². The Morgan fingerprint density at radius 2 is 1.81 bits per heavy atom. The number of benzene rings is 1. The molecule has 0 N–H and O–H groups in total. The highest BCUT2D eigenvalue weighted by molar-refractivity contribution is 5.69. The fourth-order valence-electron chi connectivity index (χ4n) is 3.63. The molecule has 150 valence electrons. The summed E-state index contributed by atoms with van der Waals surface area (Å²) in [6, 6.07) is 8.26. The van der Waals surface area contributed by atoms with Crippen LogP contribution in [0.25, 0.3) is 0 Å². The molecule has 0 saturated carbocycles. The number of nitrogens with zero attached hydrogens (tertiary/aromatic N) is 3. The van der Waals surface area contributed by atoms with Crippen LogP contribution in [0.5, 0.6) is 5.75 Å². The van der Waals surface area contributed by atoms with Crippen LogP contribution in [0.1, 0.15) is 34.1 Å². The Balaban J connectivity index is 1.59. The lowest BCUT2D eigenvalue weighted by Gasteiger charge is -2.37. The van der Waals surface area contributed by atoms with Gasteiger partial charge in [-0.25, -0.2) is 4.79 Å². The van der Waals surface area contributed by atoms with E-state index < -0.39 is 5.60 Å². The van der Waals surface area contributed by atoms with E-state index in [0.29, 0.717) is 13.1 Å². The van der Waals surface area contributed by atoms with Gasteiger partial charge in [-0.3, -0.25) is 4.90 Å². The second-order valence-corrected chi connectivity index (χ2v) is 8.34. The molecule has 27 heavy (non-hydrogen) atoms. The summed E-state index contributed by atoms with van der Waals surface area (Å²) in [5, 5.41) is 0. The smallest absolute Gasteiger partial charge is 0.410 e. The number of carbonyl (C=O) groups is 1. The molecular formula is C21H33N3O3. The Bertz CT molecular complexity index is 636. The predicted molar refractivity (Wildman–Crippen MR) is 108 cm³/mol. The molecule has 2 aliphatic rings. The Hall–Kier alpha value is -1.95. The summed E-state index contributed by atoms with van der Waals surface area (Å²) >= 11 is 0. The normalized spacial score (nSPS) is 21.4. The van der Waals surface area contributed by atoms with E-state index in [0.717, 1.165) is 50.6 Å². The maximum absolute atomic E-state index is 12.3. The van der Waals surface area contributed by atoms with E-state index in [1.807, 2.05) is 26.8 Å². The fourth-order valence-corrected chi connectivity index (χ4v) is 3.63. The molecule has 3 rings (SSSR count). The van der Waals surface area contributed by atoms with Gasteiger partial charge in [-0.05, 0) is 45.9 Å². The van der Waals surface area contributed by atoms with Gasteiger partial charge in [0, 0.05) is 39.3 Å². The summed E-state index contributed by atoms with van der Waals surface area (Å²) < 4.78 is 11.8. The maximum Gasteiger partial charge on any atom is 0.410 e. The zero-order valence-corrected chi connectivity index (χ0v) is 17.1. The van der Waals surface area contributed by atoms with Gasteiger partial charge in [0.05, 0.1) is 5.69 Å². The molecule has 2 heterocycles. The molecule has 1 aromatic rings. The van der Waals surface area contributed by atoms with Crippen molar-refractivity contribution in [3.63, 3.8) is 0 Å². The van der Waals surface area contributed by atoms with Crippen molar-refractivity contribution in [1.29, 1.82) is 0 Å². The molecule has 2 fully saturated rings. The van der Waals surface area contributed by atoms with Gasteiger partial charge in [-0.15, -0.1) is 0 Å². The van der Waals surface area contributed by atoms with Gasteiger partial charge in [0.1, 0.15) is 17.5 Å². The SMILES string of the molecule is CCN1CCC(Oc2ccccc2N2CCN(C(=O)OC(C)(C)C)CC2)C1. The van der Waals surface area contributed by atoms with Gasteiger partial charge in [-0.2, -0.15) is 0 Å². The number of carbonyl (C=O) groups excluding carboxylic acids is 1. The topological polar surface area (TPSA) is 45.2 Å². The fraction of sp³-hybridized carbons (Fsp3) is 0.667. The highest BCUT2D eigenvalue weighted by Gasteiger charge is 2.28. The van der Waals surface area contributed by atoms with Crippen molar-refractivity contribution < 1.29 is 14.3 Å². The van der Waals surface area contributed by atoms with E-state index in [1.165, 1.54) is 0 Å². The molecule has 6 nitrogen and oxygen atoms in total. The zero-order chi connectivity index (χ0) is 19.4. The maximum atomic E-state index is 12.3. The van der Waals surface area contributed by atoms with Crippen LogP contribution in [0.4, 0.5) is 10.5 Å². The number of likely N-dealkylation sites (N-methyl/N-ethyl adjacent to an activating group) is 1. The molecule has 1 unspecified atom stereocenters. The number of hydrogen-bond acceptors (Lipinski definition) is 5. The average Bonchev–Trinajstić information content (AvgIpc) is 3.08. The first kappa shape index (κ1) is 19.8. The molecule has 0 radical (unpaired) electrons. The number of hydrogen-bond donors (Lipinski definition) is 0. The molecule has 6 heteroatoms. The van der Waals surface area contributed by atoms with Gasteiger partial charge >= 0.3 is 6.09 Å². The summed E-state index contributed by atoms with van der Waals surface area (Å²) in [5.74, 6) is 0.950. The van der Waals surface area contributed by atoms with Crippen LogP contribution in [-0.2, 0) is 4.74 Å². The molecule has 0 spiro atoms. The van der Waals surface area contributed by atoms with E-state index in [9.17, 15) is 4.79 Å². The lowest BCUT2D eigenvalue weighted by molar-refractivity contribution is 0.0240. The summed E-state index contributed by atoms with van der Waals surface area (Å²) in [4.78, 5) is 18.8. The number of likely N-dealkylation sites (tertiary alicyclic amines) is 1. The third-order valence-corrected chi connectivity index (χ3v) is 5.11. The zero-order valence-electron chi connectivity index (χ0n) is 17.1. The third kappa shape index (κ3) is 5.28. The second-order valence-electron chi connectivity index (χ2n) is 8.34.